The van der Waals surface area contributed by atoms with Crippen LogP contribution in [-0.4, -0.2) is 33.6 Å². The standard InChI is InChI=1S/C68H49N9.2Pt/c1-42-34-44(3)66(45(4)35-42)73(48-22-26-54-52-16-7-9-18-58(52)75(60(54)38-48)64-20-11-13-30-69-64)50-24-28-56-57-29-25-51(41-63(57)77(62(56)40-50)68-71-32-15-33-72-68)74(67-46(5)36-43(2)37-47(67)6)49-23-27-55-53-17-8-10-19-59(53)76(61(55)39-49)65-21-12-14-31-70-65;;/h7-37H,1-6H3;;/q-4;2*+2. The topological polar surface area (TPSA) is 72.8 Å². The summed E-state index contributed by atoms with van der Waals surface area (Å²) < 4.78 is 6.53. The zero-order valence-corrected chi connectivity index (χ0v) is 48.6. The summed E-state index contributed by atoms with van der Waals surface area (Å²) in [5, 5.41) is 6.45. The van der Waals surface area contributed by atoms with Crippen LogP contribution in [0.15, 0.2) is 189 Å². The van der Waals surface area contributed by atoms with Crippen molar-refractivity contribution in [1.82, 2.24) is 33.6 Å². The number of nitrogens with zero attached hydrogens (tertiary/aromatic N) is 9. The fourth-order valence-electron chi connectivity index (χ4n) is 12.0. The Morgan fingerprint density at radius 1 is 0.329 bits per heavy atom. The number of para-hydroxylation sites is 2. The summed E-state index contributed by atoms with van der Waals surface area (Å²) in [6.07, 6.45) is 7.27. The van der Waals surface area contributed by atoms with Gasteiger partial charge in [-0.25, -0.2) is 19.9 Å². The molecular formula is C68H49N9Pt2. The Morgan fingerprint density at radius 3 is 1.03 bits per heavy atom. The molecule has 0 aliphatic rings. The second-order valence-corrected chi connectivity index (χ2v) is 20.1. The molecule has 6 aromatic heterocycles. The maximum atomic E-state index is 4.92. The monoisotopic (exact) mass is 1380 g/mol. The molecule has 9 nitrogen and oxygen atoms in total. The van der Waals surface area contributed by atoms with Crippen molar-refractivity contribution in [2.45, 2.75) is 41.5 Å². The van der Waals surface area contributed by atoms with Crippen molar-refractivity contribution in [2.24, 2.45) is 0 Å². The SMILES string of the molecule is Cc1cc(C)c(N(c2[c-]c3c(cc2)c2ccc(N(c4[c-]c5c(cc4)c4ccccc4n5-c4ccccn4)c4c(C)cc(C)cc4C)[c-]c2n3-c2ncccn2)c2[c-]c3c(cc2)c2ccccc2n3-c2ccccn2)c(C)c1.[Pt+2].[Pt+2]. The fraction of sp³-hybridized carbons (Fsp3) is 0.0882. The number of anilines is 6. The molecule has 11 heteroatoms. The molecule has 0 unspecified atom stereocenters. The molecule has 0 bridgehead atoms. The van der Waals surface area contributed by atoms with Crippen molar-refractivity contribution >= 4 is 99.5 Å². The smallest absolute Gasteiger partial charge is 0.358 e. The minimum absolute atomic E-state index is 0. The van der Waals surface area contributed by atoms with Crippen molar-refractivity contribution in [3.63, 3.8) is 0 Å². The van der Waals surface area contributed by atoms with E-state index in [4.69, 9.17) is 19.9 Å². The third kappa shape index (κ3) is 8.46. The Labute approximate surface area is 487 Å². The van der Waals surface area contributed by atoms with Gasteiger partial charge in [0.05, 0.1) is 0 Å². The maximum absolute atomic E-state index is 4.92. The Hall–Kier alpha value is -8.48. The molecule has 0 aliphatic carbocycles. The van der Waals surface area contributed by atoms with Gasteiger partial charge >= 0.3 is 42.1 Å². The number of hydrogen-bond donors (Lipinski definition) is 0. The van der Waals surface area contributed by atoms with Gasteiger partial charge in [0, 0.05) is 47.2 Å². The van der Waals surface area contributed by atoms with Gasteiger partial charge in [0.25, 0.3) is 0 Å². The van der Waals surface area contributed by atoms with Crippen molar-refractivity contribution in [2.75, 3.05) is 9.80 Å². The van der Waals surface area contributed by atoms with Gasteiger partial charge in [0.1, 0.15) is 11.6 Å². The predicted molar refractivity (Wildman–Crippen MR) is 314 cm³/mol. The van der Waals surface area contributed by atoms with Gasteiger partial charge in [0.15, 0.2) is 0 Å². The van der Waals surface area contributed by atoms with Crippen LogP contribution in [0.1, 0.15) is 33.4 Å². The van der Waals surface area contributed by atoms with Crippen LogP contribution in [0.3, 0.4) is 0 Å². The minimum atomic E-state index is 0. The van der Waals surface area contributed by atoms with Crippen molar-refractivity contribution in [3.8, 4) is 17.6 Å². The first kappa shape index (κ1) is 51.3. The molecular weight excluding hydrogens is 1330 g/mol. The number of aromatic nitrogens is 7. The third-order valence-corrected chi connectivity index (χ3v) is 14.9. The van der Waals surface area contributed by atoms with Crippen LogP contribution in [0.2, 0.25) is 0 Å². The molecule has 8 aromatic carbocycles. The average Bonchev–Trinajstić information content (AvgIpc) is 4.25. The van der Waals surface area contributed by atoms with E-state index < -0.39 is 0 Å². The molecule has 6 heterocycles. The van der Waals surface area contributed by atoms with Crippen LogP contribution in [0.5, 0.6) is 0 Å². The molecule has 14 aromatic rings. The van der Waals surface area contributed by atoms with Gasteiger partial charge in [-0.2, -0.15) is 35.0 Å². The van der Waals surface area contributed by atoms with E-state index in [1.165, 1.54) is 11.1 Å². The van der Waals surface area contributed by atoms with Gasteiger partial charge in [-0.15, -0.1) is 59.3 Å². The van der Waals surface area contributed by atoms with E-state index in [0.717, 1.165) is 133 Å². The molecule has 0 aliphatic heterocycles. The molecule has 386 valence electrons. The molecule has 0 atom stereocenters. The quantitative estimate of drug-likeness (QED) is 0.134. The van der Waals surface area contributed by atoms with E-state index >= 15 is 0 Å². The zero-order valence-electron chi connectivity index (χ0n) is 44.1. The van der Waals surface area contributed by atoms with Crippen LogP contribution >= 0.6 is 0 Å². The van der Waals surface area contributed by atoms with Crippen LogP contribution < -0.4 is 9.80 Å². The van der Waals surface area contributed by atoms with E-state index in [9.17, 15) is 0 Å². The molecule has 0 saturated carbocycles. The first-order valence-corrected chi connectivity index (χ1v) is 25.9. The summed E-state index contributed by atoms with van der Waals surface area (Å²) in [6.45, 7) is 13.1. The summed E-state index contributed by atoms with van der Waals surface area (Å²) in [5.74, 6) is 2.17. The van der Waals surface area contributed by atoms with Crippen LogP contribution in [0.25, 0.3) is 83.0 Å². The van der Waals surface area contributed by atoms with Gasteiger partial charge in [0.2, 0.25) is 5.95 Å². The number of pyridine rings is 2. The largest absolute Gasteiger partial charge is 2.00 e. The van der Waals surface area contributed by atoms with Gasteiger partial charge < -0.3 is 23.5 Å². The zero-order chi connectivity index (χ0) is 52.1. The summed E-state index contributed by atoms with van der Waals surface area (Å²) in [5.41, 5.74) is 18.1. The van der Waals surface area contributed by atoms with Crippen LogP contribution in [0.4, 0.5) is 34.1 Å². The fourth-order valence-corrected chi connectivity index (χ4v) is 12.0. The molecule has 0 spiro atoms. The predicted octanol–water partition coefficient (Wildman–Crippen LogP) is 16.5. The van der Waals surface area contributed by atoms with Crippen molar-refractivity contribution < 1.29 is 42.1 Å². The average molecular weight is 1380 g/mol. The first-order chi connectivity index (χ1) is 37.7. The van der Waals surface area contributed by atoms with E-state index in [-0.39, 0.29) is 42.1 Å². The maximum Gasteiger partial charge on any atom is 2.00 e. The second kappa shape index (κ2) is 20.4. The van der Waals surface area contributed by atoms with E-state index in [2.05, 4.69) is 223 Å². The summed E-state index contributed by atoms with van der Waals surface area (Å²) >= 11 is 0. The van der Waals surface area contributed by atoms with E-state index in [1.807, 2.05) is 42.7 Å². The number of hydrogen-bond acceptors (Lipinski definition) is 6. The molecule has 79 heavy (non-hydrogen) atoms. The Bertz CT molecular complexity index is 4340. The number of fused-ring (bicyclic) bond motifs is 9. The van der Waals surface area contributed by atoms with Crippen molar-refractivity contribution in [3.05, 3.63) is 246 Å². The van der Waals surface area contributed by atoms with Gasteiger partial charge in [-0.1, -0.05) is 129 Å². The molecule has 0 radical (unpaired) electrons. The van der Waals surface area contributed by atoms with E-state index in [0.29, 0.717) is 5.95 Å². The molecule has 0 amide bonds. The summed E-state index contributed by atoms with van der Waals surface area (Å²) in [4.78, 5) is 24.1. The minimum Gasteiger partial charge on any atom is -0.358 e. The molecule has 14 rings (SSSR count). The number of benzene rings is 8. The van der Waals surface area contributed by atoms with Gasteiger partial charge in [-0.05, 0) is 117 Å². The number of aryl methyl sites for hydroxylation is 6. The molecule has 0 N–H and O–H groups in total. The third-order valence-electron chi connectivity index (χ3n) is 14.9. The van der Waals surface area contributed by atoms with Gasteiger partial charge in [-0.3, -0.25) is 0 Å². The Balaban J connectivity index is 0.00000312. The second-order valence-electron chi connectivity index (χ2n) is 20.1. The van der Waals surface area contributed by atoms with Crippen LogP contribution in [0, 0.1) is 65.8 Å². The normalized spacial score (nSPS) is 11.5. The number of rotatable bonds is 9. The Morgan fingerprint density at radius 2 is 0.658 bits per heavy atom. The summed E-state index contributed by atoms with van der Waals surface area (Å²) in [7, 11) is 0. The van der Waals surface area contributed by atoms with Crippen molar-refractivity contribution in [1.29, 1.82) is 0 Å². The van der Waals surface area contributed by atoms with E-state index in [1.54, 1.807) is 12.4 Å². The molecule has 0 fully saturated rings. The molecule has 0 saturated heterocycles. The first-order valence-electron chi connectivity index (χ1n) is 25.9. The Kier molecular flexibility index (Phi) is 13.2. The van der Waals surface area contributed by atoms with Crippen LogP contribution in [-0.2, 0) is 42.1 Å². The summed E-state index contributed by atoms with van der Waals surface area (Å²) in [6, 6.07) is 73.3.